The zero-order valence-electron chi connectivity index (χ0n) is 10.6. The summed E-state index contributed by atoms with van der Waals surface area (Å²) in [5, 5.41) is 8.73. The molecule has 0 bridgehead atoms. The van der Waals surface area contributed by atoms with Gasteiger partial charge >= 0.3 is 11.9 Å². The molecule has 0 radical (unpaired) electrons. The lowest BCUT2D eigenvalue weighted by atomic mass is 10.2. The third-order valence-electron chi connectivity index (χ3n) is 2.37. The summed E-state index contributed by atoms with van der Waals surface area (Å²) in [4.78, 5) is 21.4. The van der Waals surface area contributed by atoms with Gasteiger partial charge in [-0.1, -0.05) is 0 Å². The van der Waals surface area contributed by atoms with Gasteiger partial charge in [-0.05, 0) is 25.1 Å². The Balaban J connectivity index is 3.13. The number of ether oxygens (including phenoxy) is 1. The number of carbonyl (C=O) groups is 2. The Morgan fingerprint density at radius 1 is 1.40 bits per heavy atom. The Labute approximate surface area is 114 Å². The lowest BCUT2D eigenvalue weighted by molar-refractivity contribution is -0.142. The van der Waals surface area contributed by atoms with Crippen LogP contribution in [0.5, 0.6) is 0 Å². The van der Waals surface area contributed by atoms with E-state index in [-0.39, 0.29) is 0 Å². The third-order valence-corrected chi connectivity index (χ3v) is 3.90. The smallest absolute Gasteiger partial charge is 0.338 e. The molecule has 7 nitrogen and oxygen atoms in total. The fraction of sp³-hybridized carbons (Fsp3) is 0.273. The van der Waals surface area contributed by atoms with Crippen LogP contribution in [0.4, 0.5) is 4.39 Å². The van der Waals surface area contributed by atoms with Crippen molar-refractivity contribution in [3.8, 4) is 0 Å². The summed E-state index contributed by atoms with van der Waals surface area (Å²) in [6.07, 6.45) is 0. The SMILES string of the molecule is COC(=O)C(C)NS(=O)(=O)c1ccc(F)c(C(=O)O)c1. The average Bonchev–Trinajstić information content (AvgIpc) is 2.36. The van der Waals surface area contributed by atoms with Crippen LogP contribution in [0.25, 0.3) is 0 Å². The average molecular weight is 305 g/mol. The number of carbonyl (C=O) groups excluding carboxylic acids is 1. The van der Waals surface area contributed by atoms with E-state index in [2.05, 4.69) is 4.74 Å². The molecule has 2 N–H and O–H groups in total. The Hall–Kier alpha value is -2.00. The van der Waals surface area contributed by atoms with Crippen LogP contribution in [0.15, 0.2) is 23.1 Å². The zero-order valence-corrected chi connectivity index (χ0v) is 11.4. The largest absolute Gasteiger partial charge is 0.478 e. The van der Waals surface area contributed by atoms with Crippen LogP contribution in [0.1, 0.15) is 17.3 Å². The second kappa shape index (κ2) is 5.97. The van der Waals surface area contributed by atoms with Gasteiger partial charge in [0, 0.05) is 0 Å². The predicted molar refractivity (Wildman–Crippen MR) is 65.2 cm³/mol. The summed E-state index contributed by atoms with van der Waals surface area (Å²) in [6.45, 7) is 1.25. The Morgan fingerprint density at radius 3 is 2.50 bits per heavy atom. The minimum Gasteiger partial charge on any atom is -0.478 e. The summed E-state index contributed by atoms with van der Waals surface area (Å²) < 4.78 is 43.4. The minimum absolute atomic E-state index is 0.466. The monoisotopic (exact) mass is 305 g/mol. The number of halogens is 1. The van der Waals surface area contributed by atoms with Crippen LogP contribution in [0.3, 0.4) is 0 Å². The van der Waals surface area contributed by atoms with E-state index >= 15 is 0 Å². The second-order valence-corrected chi connectivity index (χ2v) is 5.53. The maximum Gasteiger partial charge on any atom is 0.338 e. The summed E-state index contributed by atoms with van der Waals surface area (Å²) in [5.41, 5.74) is -0.779. The summed E-state index contributed by atoms with van der Waals surface area (Å²) in [6, 6.07) is 1.13. The topological polar surface area (TPSA) is 110 Å². The molecule has 0 saturated heterocycles. The Morgan fingerprint density at radius 2 is 2.00 bits per heavy atom. The number of hydrogen-bond acceptors (Lipinski definition) is 5. The molecule has 9 heteroatoms. The number of benzene rings is 1. The van der Waals surface area contributed by atoms with E-state index in [4.69, 9.17) is 5.11 Å². The Kier molecular flexibility index (Phi) is 4.79. The molecule has 20 heavy (non-hydrogen) atoms. The van der Waals surface area contributed by atoms with Crippen LogP contribution < -0.4 is 4.72 Å². The van der Waals surface area contributed by atoms with Gasteiger partial charge in [-0.15, -0.1) is 0 Å². The van der Waals surface area contributed by atoms with Crippen LogP contribution in [-0.4, -0.2) is 38.6 Å². The number of aromatic carboxylic acids is 1. The van der Waals surface area contributed by atoms with Gasteiger partial charge in [-0.3, -0.25) is 4.79 Å². The van der Waals surface area contributed by atoms with E-state index in [9.17, 15) is 22.4 Å². The third kappa shape index (κ3) is 3.52. The molecule has 1 atom stereocenters. The number of methoxy groups -OCH3 is 1. The lowest BCUT2D eigenvalue weighted by Gasteiger charge is -2.12. The molecule has 0 fully saturated rings. The molecule has 1 aromatic carbocycles. The van der Waals surface area contributed by atoms with Crippen LogP contribution >= 0.6 is 0 Å². The molecule has 1 aromatic rings. The molecule has 0 saturated carbocycles. The number of nitrogens with one attached hydrogen (secondary N) is 1. The van der Waals surface area contributed by atoms with Crippen LogP contribution in [0, 0.1) is 5.82 Å². The van der Waals surface area contributed by atoms with Crippen molar-refractivity contribution in [1.29, 1.82) is 0 Å². The molecule has 0 heterocycles. The van der Waals surface area contributed by atoms with Crippen molar-refractivity contribution in [3.63, 3.8) is 0 Å². The van der Waals surface area contributed by atoms with E-state index < -0.39 is 44.3 Å². The minimum atomic E-state index is -4.17. The van der Waals surface area contributed by atoms with Gasteiger partial charge in [0.05, 0.1) is 17.6 Å². The maximum atomic E-state index is 13.2. The van der Waals surface area contributed by atoms with E-state index in [1.807, 2.05) is 4.72 Å². The van der Waals surface area contributed by atoms with Crippen molar-refractivity contribution in [2.24, 2.45) is 0 Å². The normalized spacial score (nSPS) is 12.8. The molecule has 1 rings (SSSR count). The highest BCUT2D eigenvalue weighted by Crippen LogP contribution is 2.15. The first-order chi connectivity index (χ1) is 9.19. The van der Waals surface area contributed by atoms with E-state index in [1.54, 1.807) is 0 Å². The zero-order chi connectivity index (χ0) is 15.5. The fourth-order valence-corrected chi connectivity index (χ4v) is 2.58. The molecule has 0 spiro atoms. The standard InChI is InChI=1S/C11H12FNO6S/c1-6(11(16)19-2)13-20(17,18)7-3-4-9(12)8(5-7)10(14)15/h3-6,13H,1-2H3,(H,14,15). The fourth-order valence-electron chi connectivity index (χ4n) is 1.36. The lowest BCUT2D eigenvalue weighted by Crippen LogP contribution is -2.39. The highest BCUT2D eigenvalue weighted by Gasteiger charge is 2.24. The molecule has 110 valence electrons. The summed E-state index contributed by atoms with van der Waals surface area (Å²) >= 11 is 0. The van der Waals surface area contributed by atoms with Crippen molar-refractivity contribution < 1.29 is 32.2 Å². The summed E-state index contributed by atoms with van der Waals surface area (Å²) in [7, 11) is -3.08. The van der Waals surface area contributed by atoms with Crippen LogP contribution in [0.2, 0.25) is 0 Å². The first-order valence-corrected chi connectivity index (χ1v) is 6.80. The van der Waals surface area contributed by atoms with Crippen molar-refractivity contribution in [2.45, 2.75) is 17.9 Å². The van der Waals surface area contributed by atoms with Gasteiger partial charge in [0.1, 0.15) is 11.9 Å². The number of rotatable bonds is 5. The molecule has 0 aromatic heterocycles. The van der Waals surface area contributed by atoms with Crippen molar-refractivity contribution in [3.05, 3.63) is 29.6 Å². The van der Waals surface area contributed by atoms with E-state index in [0.717, 1.165) is 19.2 Å². The highest BCUT2D eigenvalue weighted by atomic mass is 32.2. The highest BCUT2D eigenvalue weighted by molar-refractivity contribution is 7.89. The van der Waals surface area contributed by atoms with Gasteiger partial charge in [-0.25, -0.2) is 17.6 Å². The predicted octanol–water partition coefficient (Wildman–Crippen LogP) is 0.364. The van der Waals surface area contributed by atoms with Gasteiger partial charge < -0.3 is 9.84 Å². The quantitative estimate of drug-likeness (QED) is 0.760. The molecule has 0 aliphatic rings. The van der Waals surface area contributed by atoms with Crippen molar-refractivity contribution in [1.82, 2.24) is 4.72 Å². The molecular weight excluding hydrogens is 293 g/mol. The van der Waals surface area contributed by atoms with Gasteiger partial charge in [0.25, 0.3) is 0 Å². The van der Waals surface area contributed by atoms with E-state index in [1.165, 1.54) is 6.92 Å². The first kappa shape index (κ1) is 16.1. The molecule has 0 aliphatic heterocycles. The van der Waals surface area contributed by atoms with E-state index in [0.29, 0.717) is 6.07 Å². The number of carboxylic acids is 1. The van der Waals surface area contributed by atoms with Gasteiger partial charge in [0.15, 0.2) is 0 Å². The molecule has 0 amide bonds. The number of esters is 1. The first-order valence-electron chi connectivity index (χ1n) is 5.32. The van der Waals surface area contributed by atoms with Gasteiger partial charge in [0.2, 0.25) is 10.0 Å². The van der Waals surface area contributed by atoms with Gasteiger partial charge in [-0.2, -0.15) is 4.72 Å². The number of carboxylic acid groups (broad SMARTS) is 1. The summed E-state index contributed by atoms with van der Waals surface area (Å²) in [5.74, 6) is -3.47. The number of sulfonamides is 1. The van der Waals surface area contributed by atoms with Crippen LogP contribution in [-0.2, 0) is 19.6 Å². The number of hydrogen-bond donors (Lipinski definition) is 2. The second-order valence-electron chi connectivity index (χ2n) is 3.81. The van der Waals surface area contributed by atoms with Crippen molar-refractivity contribution in [2.75, 3.05) is 7.11 Å². The Bertz CT molecular complexity index is 642. The molecule has 0 aliphatic carbocycles. The maximum absolute atomic E-state index is 13.2. The molecular formula is C11H12FNO6S. The van der Waals surface area contributed by atoms with Crippen molar-refractivity contribution >= 4 is 22.0 Å². The molecule has 1 unspecified atom stereocenters.